The second-order valence-corrected chi connectivity index (χ2v) is 9.22. The molecule has 0 unspecified atom stereocenters. The highest BCUT2D eigenvalue weighted by molar-refractivity contribution is 6.42. The molecule has 6 heteroatoms. The molecule has 1 aliphatic rings. The van der Waals surface area contributed by atoms with Crippen LogP contribution in [0.2, 0.25) is 15.1 Å². The Balaban J connectivity index is 1.59. The van der Waals surface area contributed by atoms with Crippen LogP contribution in [0.25, 0.3) is 0 Å². The van der Waals surface area contributed by atoms with Crippen molar-refractivity contribution in [2.75, 3.05) is 20.1 Å². The van der Waals surface area contributed by atoms with Crippen LogP contribution in [0.4, 0.5) is 0 Å². The van der Waals surface area contributed by atoms with E-state index >= 15 is 0 Å². The monoisotopic (exact) mass is 472 g/mol. The average Bonchev–Trinajstić information content (AvgIpc) is 3.22. The van der Waals surface area contributed by atoms with Gasteiger partial charge in [-0.2, -0.15) is 0 Å². The standard InChI is InChI=1S/C25H23Cl3N2O/c1-29(14-17-7-12-22(27)23(28)13-17)24-16-30(25(31)19-5-3-2-4-6-19)15-21(24)18-8-10-20(26)11-9-18/h2-13,21,24H,14-16H2,1H3/t21-,24-/m1/s1. The Morgan fingerprint density at radius 1 is 0.935 bits per heavy atom. The smallest absolute Gasteiger partial charge is 0.253 e. The Labute approximate surface area is 198 Å². The van der Waals surface area contributed by atoms with Gasteiger partial charge in [0, 0.05) is 42.2 Å². The Hall–Kier alpha value is -2.04. The molecule has 0 N–H and O–H groups in total. The summed E-state index contributed by atoms with van der Waals surface area (Å²) in [5, 5.41) is 1.81. The van der Waals surface area contributed by atoms with Gasteiger partial charge < -0.3 is 4.90 Å². The summed E-state index contributed by atoms with van der Waals surface area (Å²) in [6.07, 6.45) is 0. The molecular weight excluding hydrogens is 451 g/mol. The first kappa shape index (κ1) is 22.2. The van der Waals surface area contributed by atoms with E-state index in [0.29, 0.717) is 40.3 Å². The van der Waals surface area contributed by atoms with Crippen molar-refractivity contribution in [3.63, 3.8) is 0 Å². The number of likely N-dealkylation sites (N-methyl/N-ethyl adjacent to an activating group) is 1. The lowest BCUT2D eigenvalue weighted by atomic mass is 9.93. The molecule has 0 aliphatic carbocycles. The summed E-state index contributed by atoms with van der Waals surface area (Å²) < 4.78 is 0. The largest absolute Gasteiger partial charge is 0.336 e. The molecule has 1 fully saturated rings. The van der Waals surface area contributed by atoms with Crippen molar-refractivity contribution >= 4 is 40.7 Å². The summed E-state index contributed by atoms with van der Waals surface area (Å²) in [7, 11) is 2.09. The Bertz CT molecular complexity index is 1060. The molecule has 1 amide bonds. The summed E-state index contributed by atoms with van der Waals surface area (Å²) in [5.41, 5.74) is 2.98. The molecule has 2 atom stereocenters. The number of amides is 1. The van der Waals surface area contributed by atoms with Gasteiger partial charge in [-0.05, 0) is 54.6 Å². The molecule has 1 aliphatic heterocycles. The number of rotatable bonds is 5. The number of hydrogen-bond acceptors (Lipinski definition) is 2. The molecule has 1 heterocycles. The predicted molar refractivity (Wildman–Crippen MR) is 128 cm³/mol. The van der Waals surface area contributed by atoms with Gasteiger partial charge in [0.15, 0.2) is 0 Å². The lowest BCUT2D eigenvalue weighted by Crippen LogP contribution is -2.38. The van der Waals surface area contributed by atoms with Crippen molar-refractivity contribution in [3.8, 4) is 0 Å². The Kier molecular flexibility index (Phi) is 6.88. The zero-order valence-corrected chi connectivity index (χ0v) is 19.4. The fraction of sp³-hybridized carbons (Fsp3) is 0.240. The molecule has 0 saturated carbocycles. The minimum atomic E-state index is 0.0602. The van der Waals surface area contributed by atoms with Crippen LogP contribution in [0.3, 0.4) is 0 Å². The number of carbonyl (C=O) groups excluding carboxylic acids is 1. The zero-order chi connectivity index (χ0) is 22.0. The highest BCUT2D eigenvalue weighted by Gasteiger charge is 2.38. The molecule has 0 aromatic heterocycles. The molecule has 1 saturated heterocycles. The van der Waals surface area contributed by atoms with E-state index in [9.17, 15) is 4.79 Å². The highest BCUT2D eigenvalue weighted by Crippen LogP contribution is 2.33. The first-order valence-corrected chi connectivity index (χ1v) is 11.3. The lowest BCUT2D eigenvalue weighted by molar-refractivity contribution is 0.0779. The maximum atomic E-state index is 13.1. The van der Waals surface area contributed by atoms with Gasteiger partial charge >= 0.3 is 0 Å². The van der Waals surface area contributed by atoms with Crippen molar-refractivity contribution in [1.29, 1.82) is 0 Å². The van der Waals surface area contributed by atoms with E-state index in [1.54, 1.807) is 0 Å². The quantitative estimate of drug-likeness (QED) is 0.429. The van der Waals surface area contributed by atoms with Gasteiger partial charge in [-0.3, -0.25) is 9.69 Å². The molecular formula is C25H23Cl3N2O. The van der Waals surface area contributed by atoms with Crippen LogP contribution in [-0.4, -0.2) is 41.9 Å². The van der Waals surface area contributed by atoms with Crippen molar-refractivity contribution in [1.82, 2.24) is 9.80 Å². The number of benzene rings is 3. The van der Waals surface area contributed by atoms with Gasteiger partial charge in [0.25, 0.3) is 5.91 Å². The fourth-order valence-corrected chi connectivity index (χ4v) is 4.69. The first-order chi connectivity index (χ1) is 14.9. The summed E-state index contributed by atoms with van der Waals surface area (Å²) in [5.74, 6) is 0.239. The second-order valence-electron chi connectivity index (χ2n) is 7.97. The normalized spacial score (nSPS) is 18.5. The van der Waals surface area contributed by atoms with E-state index < -0.39 is 0 Å². The number of likely N-dealkylation sites (tertiary alicyclic amines) is 1. The van der Waals surface area contributed by atoms with Crippen molar-refractivity contribution in [2.24, 2.45) is 0 Å². The van der Waals surface area contributed by atoms with Gasteiger partial charge in [-0.1, -0.05) is 71.2 Å². The maximum absolute atomic E-state index is 13.1. The first-order valence-electron chi connectivity index (χ1n) is 10.2. The molecule has 31 heavy (non-hydrogen) atoms. The van der Waals surface area contributed by atoms with E-state index in [0.717, 1.165) is 5.56 Å². The van der Waals surface area contributed by atoms with Crippen LogP contribution in [0.1, 0.15) is 27.4 Å². The van der Waals surface area contributed by atoms with Gasteiger partial charge in [0.05, 0.1) is 10.0 Å². The van der Waals surface area contributed by atoms with E-state index in [2.05, 4.69) is 24.1 Å². The number of halogens is 3. The van der Waals surface area contributed by atoms with Crippen LogP contribution >= 0.6 is 34.8 Å². The third-order valence-electron chi connectivity index (χ3n) is 5.88. The second kappa shape index (κ2) is 9.62. The van der Waals surface area contributed by atoms with E-state index in [1.807, 2.05) is 65.6 Å². The topological polar surface area (TPSA) is 23.6 Å². The van der Waals surface area contributed by atoms with E-state index in [-0.39, 0.29) is 17.9 Å². The number of carbonyl (C=O) groups is 1. The molecule has 3 aromatic rings. The van der Waals surface area contributed by atoms with Gasteiger partial charge in [-0.25, -0.2) is 0 Å². The van der Waals surface area contributed by atoms with Gasteiger partial charge in [0.2, 0.25) is 0 Å². The Morgan fingerprint density at radius 2 is 1.65 bits per heavy atom. The van der Waals surface area contributed by atoms with Crippen molar-refractivity contribution < 1.29 is 4.79 Å². The van der Waals surface area contributed by atoms with Gasteiger partial charge in [-0.15, -0.1) is 0 Å². The molecule has 3 nitrogen and oxygen atoms in total. The lowest BCUT2D eigenvalue weighted by Gasteiger charge is -2.29. The third kappa shape index (κ3) is 5.07. The summed E-state index contributed by atoms with van der Waals surface area (Å²) in [6, 6.07) is 23.3. The van der Waals surface area contributed by atoms with Crippen LogP contribution in [-0.2, 0) is 6.54 Å². The predicted octanol–water partition coefficient (Wildman–Crippen LogP) is 6.39. The number of hydrogen-bond donors (Lipinski definition) is 0. The summed E-state index contributed by atoms with van der Waals surface area (Å²) in [4.78, 5) is 17.4. The fourth-order valence-electron chi connectivity index (χ4n) is 4.24. The SMILES string of the molecule is CN(Cc1ccc(Cl)c(Cl)c1)[C@@H]1CN(C(=O)c2ccccc2)C[C@@H]1c1ccc(Cl)cc1. The molecule has 0 spiro atoms. The summed E-state index contributed by atoms with van der Waals surface area (Å²) in [6.45, 7) is 2.02. The van der Waals surface area contributed by atoms with Crippen molar-refractivity contribution in [2.45, 2.75) is 18.5 Å². The minimum absolute atomic E-state index is 0.0602. The van der Waals surface area contributed by atoms with Crippen LogP contribution in [0.5, 0.6) is 0 Å². The highest BCUT2D eigenvalue weighted by atomic mass is 35.5. The Morgan fingerprint density at radius 3 is 2.32 bits per heavy atom. The maximum Gasteiger partial charge on any atom is 0.253 e. The average molecular weight is 474 g/mol. The van der Waals surface area contributed by atoms with Gasteiger partial charge in [0.1, 0.15) is 0 Å². The van der Waals surface area contributed by atoms with E-state index in [4.69, 9.17) is 34.8 Å². The molecule has 3 aromatic carbocycles. The van der Waals surface area contributed by atoms with Crippen LogP contribution in [0.15, 0.2) is 72.8 Å². The third-order valence-corrected chi connectivity index (χ3v) is 6.87. The summed E-state index contributed by atoms with van der Waals surface area (Å²) >= 11 is 18.4. The van der Waals surface area contributed by atoms with E-state index in [1.165, 1.54) is 5.56 Å². The zero-order valence-electron chi connectivity index (χ0n) is 17.1. The number of nitrogens with zero attached hydrogens (tertiary/aromatic N) is 2. The van der Waals surface area contributed by atoms with Crippen molar-refractivity contribution in [3.05, 3.63) is 105 Å². The molecule has 4 rings (SSSR count). The minimum Gasteiger partial charge on any atom is -0.336 e. The van der Waals surface area contributed by atoms with Crippen LogP contribution < -0.4 is 0 Å². The van der Waals surface area contributed by atoms with Crippen LogP contribution in [0, 0.1) is 0 Å². The molecule has 0 radical (unpaired) electrons. The molecule has 160 valence electrons. The molecule has 0 bridgehead atoms.